The number of benzene rings is 6. The Balaban J connectivity index is 0.980. The second-order valence-corrected chi connectivity index (χ2v) is 19.6. The highest BCUT2D eigenvalue weighted by molar-refractivity contribution is 6.89. The summed E-state index contributed by atoms with van der Waals surface area (Å²) in [5.41, 5.74) is 16.3. The van der Waals surface area contributed by atoms with E-state index < -0.39 is 17.6 Å². The molecule has 0 bridgehead atoms. The van der Waals surface area contributed by atoms with Crippen molar-refractivity contribution < 1.29 is 0 Å². The Morgan fingerprint density at radius 2 is 0.745 bits per heavy atom. The van der Waals surface area contributed by atoms with Gasteiger partial charge in [-0.2, -0.15) is 0 Å². The first kappa shape index (κ1) is 28.5. The molecule has 2 heterocycles. The largest absolute Gasteiger partial charge is 0.101 e. The Bertz CT molecular complexity index is 2160. The van der Waals surface area contributed by atoms with Crippen LogP contribution < -0.4 is 20.7 Å². The minimum absolute atomic E-state index is 0.0611. The molecule has 0 N–H and O–H groups in total. The maximum atomic E-state index is 2.46. The molecular weight excluding hydrogens is 597 g/mol. The summed E-state index contributed by atoms with van der Waals surface area (Å²) >= 11 is 0. The summed E-state index contributed by atoms with van der Waals surface area (Å²) in [4.78, 5) is 0. The van der Waals surface area contributed by atoms with Crippen LogP contribution in [0.3, 0.4) is 0 Å². The second-order valence-electron chi connectivity index (χ2n) is 14.2. The van der Waals surface area contributed by atoms with E-state index in [4.69, 9.17) is 0 Å². The fourth-order valence-corrected chi connectivity index (χ4v) is 13.6. The average Bonchev–Trinajstić information content (AvgIpc) is 3.64. The third-order valence-corrected chi connectivity index (χ3v) is 16.9. The number of rotatable bonds is 4. The van der Waals surface area contributed by atoms with Crippen molar-refractivity contribution in [2.45, 2.75) is 32.4 Å². The number of hydrogen-bond acceptors (Lipinski definition) is 0. The van der Waals surface area contributed by atoms with Crippen LogP contribution in [-0.4, -0.2) is 17.6 Å². The normalized spacial score (nSPS) is 17.8. The van der Waals surface area contributed by atoms with Gasteiger partial charge in [-0.3, -0.25) is 0 Å². The monoisotopic (exact) mass is 634 g/mol. The third kappa shape index (κ3) is 4.46. The Hall–Kier alpha value is -4.77. The van der Waals surface area contributed by atoms with E-state index in [1.54, 1.807) is 20.7 Å². The van der Waals surface area contributed by atoms with Crippen molar-refractivity contribution in [1.82, 2.24) is 0 Å². The molecule has 0 saturated heterocycles. The molecule has 2 unspecified atom stereocenters. The van der Waals surface area contributed by atoms with E-state index >= 15 is 0 Å². The van der Waals surface area contributed by atoms with Gasteiger partial charge in [0.2, 0.25) is 0 Å². The molecule has 0 radical (unpaired) electrons. The summed E-state index contributed by atoms with van der Waals surface area (Å²) in [5.74, 6) is 0. The fourth-order valence-electron chi connectivity index (χ4n) is 8.52. The van der Waals surface area contributed by atoms with Gasteiger partial charge in [0.1, 0.15) is 17.6 Å². The molecule has 0 amide bonds. The zero-order chi connectivity index (χ0) is 31.9. The minimum atomic E-state index is -1.07. The van der Waals surface area contributed by atoms with E-state index in [0.29, 0.717) is 0 Å². The van der Waals surface area contributed by atoms with Crippen LogP contribution in [0.25, 0.3) is 57.7 Å². The Labute approximate surface area is 282 Å². The third-order valence-electron chi connectivity index (χ3n) is 11.2. The van der Waals surface area contributed by atoms with Gasteiger partial charge in [0.05, 0.1) is 0 Å². The van der Waals surface area contributed by atoms with Gasteiger partial charge in [0.15, 0.2) is 0 Å². The lowest BCUT2D eigenvalue weighted by atomic mass is 9.81. The van der Waals surface area contributed by atoms with Gasteiger partial charge in [0, 0.05) is 5.41 Å². The van der Waals surface area contributed by atoms with E-state index in [9.17, 15) is 0 Å². The lowest BCUT2D eigenvalue weighted by molar-refractivity contribution is 0.660. The zero-order valence-corrected chi connectivity index (χ0v) is 29.8. The standard InChI is InChI=1S/C45H38Si2/c1-45(2)39-27-31(15-13-29-19-23-43-37(25-29)35-9-5-7-11-41(35)46(43)3)17-21-33(39)34-22-18-32(28-40(34)45)16-14-30-20-24-44-38(26-30)36-10-6-8-12-42(36)47(44)4/h5-28,46-47H,1-4H3/b15-13+,16-14+. The number of hydrogen-bond donors (Lipinski definition) is 0. The maximum absolute atomic E-state index is 2.46. The second kappa shape index (κ2) is 10.6. The summed E-state index contributed by atoms with van der Waals surface area (Å²) in [7, 11) is -2.13. The van der Waals surface area contributed by atoms with Crippen LogP contribution in [0, 0.1) is 0 Å². The fraction of sp³-hybridized carbons (Fsp3) is 0.111. The first-order chi connectivity index (χ1) is 22.9. The molecule has 6 aromatic rings. The van der Waals surface area contributed by atoms with Gasteiger partial charge >= 0.3 is 0 Å². The molecule has 2 aliphatic heterocycles. The molecule has 3 aliphatic rings. The predicted octanol–water partition coefficient (Wildman–Crippen LogP) is 8.24. The zero-order valence-electron chi connectivity index (χ0n) is 27.5. The van der Waals surface area contributed by atoms with Gasteiger partial charge in [-0.15, -0.1) is 0 Å². The molecule has 0 fully saturated rings. The van der Waals surface area contributed by atoms with Crippen molar-refractivity contribution in [2.75, 3.05) is 0 Å². The van der Waals surface area contributed by atoms with Crippen LogP contribution in [-0.2, 0) is 5.41 Å². The highest BCUT2D eigenvalue weighted by Crippen LogP contribution is 2.49. The molecule has 47 heavy (non-hydrogen) atoms. The molecule has 9 rings (SSSR count). The Morgan fingerprint density at radius 3 is 1.19 bits per heavy atom. The Morgan fingerprint density at radius 1 is 0.383 bits per heavy atom. The lowest BCUT2D eigenvalue weighted by Crippen LogP contribution is -2.34. The topological polar surface area (TPSA) is 0 Å². The van der Waals surface area contributed by atoms with Gasteiger partial charge in [-0.05, 0) is 78.9 Å². The molecule has 0 saturated carbocycles. The van der Waals surface area contributed by atoms with Gasteiger partial charge in [0.25, 0.3) is 0 Å². The van der Waals surface area contributed by atoms with Crippen LogP contribution in [0.2, 0.25) is 13.1 Å². The highest BCUT2D eigenvalue weighted by Gasteiger charge is 2.35. The molecule has 1 aliphatic carbocycles. The summed E-state index contributed by atoms with van der Waals surface area (Å²) in [6.45, 7) is 9.67. The first-order valence-electron chi connectivity index (χ1n) is 17.0. The molecule has 2 heteroatoms. The van der Waals surface area contributed by atoms with E-state index in [1.807, 2.05) is 0 Å². The molecule has 0 nitrogen and oxygen atoms in total. The van der Waals surface area contributed by atoms with E-state index in [2.05, 4.69) is 173 Å². The molecule has 0 spiro atoms. The van der Waals surface area contributed by atoms with Crippen LogP contribution in [0.15, 0.2) is 121 Å². The maximum Gasteiger partial charge on any atom is 0.101 e. The smallest absolute Gasteiger partial charge is 0.0641 e. The Kier molecular flexibility index (Phi) is 6.44. The van der Waals surface area contributed by atoms with E-state index in [-0.39, 0.29) is 5.41 Å². The van der Waals surface area contributed by atoms with E-state index in [1.165, 1.54) is 66.8 Å². The van der Waals surface area contributed by atoms with Crippen molar-refractivity contribution in [1.29, 1.82) is 0 Å². The van der Waals surface area contributed by atoms with Gasteiger partial charge in [-0.25, -0.2) is 0 Å². The molecule has 2 atom stereocenters. The van der Waals surface area contributed by atoms with Crippen molar-refractivity contribution in [2.24, 2.45) is 0 Å². The van der Waals surface area contributed by atoms with Crippen molar-refractivity contribution in [3.8, 4) is 33.4 Å². The van der Waals surface area contributed by atoms with Crippen LogP contribution in [0.1, 0.15) is 47.2 Å². The summed E-state index contributed by atoms with van der Waals surface area (Å²) in [6.07, 6.45) is 9.14. The highest BCUT2D eigenvalue weighted by atomic mass is 28.3. The van der Waals surface area contributed by atoms with E-state index in [0.717, 1.165) is 0 Å². The van der Waals surface area contributed by atoms with Crippen molar-refractivity contribution in [3.63, 3.8) is 0 Å². The predicted molar refractivity (Wildman–Crippen MR) is 210 cm³/mol. The van der Waals surface area contributed by atoms with Crippen molar-refractivity contribution >= 4 is 62.6 Å². The van der Waals surface area contributed by atoms with Gasteiger partial charge in [-0.1, -0.05) is 181 Å². The number of fused-ring (bicyclic) bond motifs is 9. The summed E-state index contributed by atoms with van der Waals surface area (Å²) < 4.78 is 0. The van der Waals surface area contributed by atoms with Crippen LogP contribution >= 0.6 is 0 Å². The minimum Gasteiger partial charge on any atom is -0.0641 e. The molecule has 6 aromatic carbocycles. The van der Waals surface area contributed by atoms with Gasteiger partial charge < -0.3 is 0 Å². The summed E-state index contributed by atoms with van der Waals surface area (Å²) in [5, 5.41) is 6.30. The molecular formula is C45H38Si2. The average molecular weight is 635 g/mol. The summed E-state index contributed by atoms with van der Waals surface area (Å²) in [6, 6.07) is 46.2. The SMILES string of the molecule is C[SiH]1c2ccccc2-c2cc(/C=C/c3ccc4c(c3)C(C)(C)c3cc(/C=C/c5ccc6c(c5)-c5ccccc5[SiH]6C)ccc3-4)ccc21. The molecule has 0 aromatic heterocycles. The van der Waals surface area contributed by atoms with Crippen LogP contribution in [0.5, 0.6) is 0 Å². The van der Waals surface area contributed by atoms with Crippen molar-refractivity contribution in [3.05, 3.63) is 155 Å². The lowest BCUT2D eigenvalue weighted by Gasteiger charge is -2.22. The quantitative estimate of drug-likeness (QED) is 0.135. The van der Waals surface area contributed by atoms with Crippen LogP contribution in [0.4, 0.5) is 0 Å². The molecule has 226 valence electrons. The first-order valence-corrected chi connectivity index (χ1v) is 21.6.